The van der Waals surface area contributed by atoms with Gasteiger partial charge in [-0.15, -0.1) is 0 Å². The van der Waals surface area contributed by atoms with Crippen molar-refractivity contribution in [2.24, 2.45) is 5.73 Å². The van der Waals surface area contributed by atoms with Crippen molar-refractivity contribution in [3.8, 4) is 0 Å². The van der Waals surface area contributed by atoms with Crippen LogP contribution in [0.4, 0.5) is 13.2 Å². The first-order valence-electron chi connectivity index (χ1n) is 7.96. The van der Waals surface area contributed by atoms with Crippen molar-refractivity contribution < 1.29 is 18.0 Å². The summed E-state index contributed by atoms with van der Waals surface area (Å²) >= 11 is 0. The van der Waals surface area contributed by atoms with E-state index < -0.39 is 23.9 Å². The van der Waals surface area contributed by atoms with Gasteiger partial charge in [-0.2, -0.15) is 8.78 Å². The maximum atomic E-state index is 14.6. The Kier molecular flexibility index (Phi) is 7.02. The highest BCUT2D eigenvalue weighted by Gasteiger charge is 2.35. The number of hydrogen-bond acceptors (Lipinski definition) is 2. The van der Waals surface area contributed by atoms with Crippen LogP contribution in [-0.2, 0) is 0 Å². The van der Waals surface area contributed by atoms with Gasteiger partial charge in [0.1, 0.15) is 5.82 Å². The molecule has 0 radical (unpaired) electrons. The van der Waals surface area contributed by atoms with E-state index in [1.165, 1.54) is 24.0 Å². The Labute approximate surface area is 141 Å². The number of alkyl halides is 2. The van der Waals surface area contributed by atoms with Crippen LogP contribution in [0.1, 0.15) is 47.7 Å². The zero-order valence-corrected chi connectivity index (χ0v) is 14.6. The molecule has 0 unspecified atom stereocenters. The lowest BCUT2D eigenvalue weighted by atomic mass is 9.92. The van der Waals surface area contributed by atoms with E-state index >= 15 is 0 Å². The molecule has 1 rings (SSSR count). The molecule has 0 aliphatic heterocycles. The first-order valence-corrected chi connectivity index (χ1v) is 7.96. The summed E-state index contributed by atoms with van der Waals surface area (Å²) in [5.41, 5.74) is 5.03. The smallest absolute Gasteiger partial charge is 0.285 e. The summed E-state index contributed by atoms with van der Waals surface area (Å²) in [5.74, 6) is -4.55. The normalized spacial score (nSPS) is 12.4. The quantitative estimate of drug-likeness (QED) is 0.761. The minimum Gasteiger partial charge on any atom is -0.345 e. The molecule has 0 saturated heterocycles. The van der Waals surface area contributed by atoms with E-state index in [1.54, 1.807) is 14.1 Å². The zero-order valence-electron chi connectivity index (χ0n) is 14.6. The Morgan fingerprint density at radius 1 is 1.33 bits per heavy atom. The van der Waals surface area contributed by atoms with Crippen LogP contribution in [0.3, 0.4) is 0 Å². The highest BCUT2D eigenvalue weighted by atomic mass is 19.3. The number of nitrogens with zero attached hydrogens (tertiary/aromatic N) is 1. The number of carbonyl (C=O) groups excluding carboxylic acids is 1. The number of aryl methyl sites for hydroxylation is 1. The predicted molar refractivity (Wildman–Crippen MR) is 90.7 cm³/mol. The topological polar surface area (TPSA) is 46.3 Å². The van der Waals surface area contributed by atoms with Crippen LogP contribution in [0.25, 0.3) is 5.57 Å². The standard InChI is InChI=1S/C18H25F3N2O/c1-5-6-7-8-14(18(20,21)11-22)16-12(2)9-13(10-15(16)19)17(24)23(3)4/h8-10H,5-7,11,22H2,1-4H3/b14-8-. The fourth-order valence-electron chi connectivity index (χ4n) is 2.46. The third-order valence-electron chi connectivity index (χ3n) is 3.77. The van der Waals surface area contributed by atoms with Gasteiger partial charge in [0.25, 0.3) is 11.8 Å². The molecule has 1 aromatic rings. The molecule has 134 valence electrons. The lowest BCUT2D eigenvalue weighted by Gasteiger charge is -2.22. The lowest BCUT2D eigenvalue weighted by molar-refractivity contribution is 0.0763. The molecule has 0 saturated carbocycles. The fraction of sp³-hybridized carbons (Fsp3) is 0.500. The van der Waals surface area contributed by atoms with Crippen LogP contribution in [0.15, 0.2) is 18.2 Å². The van der Waals surface area contributed by atoms with Gasteiger partial charge in [0, 0.05) is 30.8 Å². The Morgan fingerprint density at radius 3 is 2.42 bits per heavy atom. The highest BCUT2D eigenvalue weighted by molar-refractivity contribution is 5.94. The molecule has 0 heterocycles. The zero-order chi connectivity index (χ0) is 18.5. The van der Waals surface area contributed by atoms with Crippen LogP contribution in [-0.4, -0.2) is 37.4 Å². The van der Waals surface area contributed by atoms with E-state index in [9.17, 15) is 18.0 Å². The Bertz CT molecular complexity index is 602. The monoisotopic (exact) mass is 342 g/mol. The molecule has 2 N–H and O–H groups in total. The molecule has 1 amide bonds. The summed E-state index contributed by atoms with van der Waals surface area (Å²) in [6, 6.07) is 2.44. The Morgan fingerprint density at radius 2 is 1.96 bits per heavy atom. The van der Waals surface area contributed by atoms with Gasteiger partial charge in [0.2, 0.25) is 0 Å². The summed E-state index contributed by atoms with van der Waals surface area (Å²) < 4.78 is 43.1. The van der Waals surface area contributed by atoms with Gasteiger partial charge in [-0.05, 0) is 31.0 Å². The first kappa shape index (κ1) is 20.2. The molecule has 6 heteroatoms. The van der Waals surface area contributed by atoms with E-state index in [0.717, 1.165) is 18.9 Å². The van der Waals surface area contributed by atoms with Crippen LogP contribution in [0.2, 0.25) is 0 Å². The molecule has 0 atom stereocenters. The molecule has 0 spiro atoms. The second-order valence-corrected chi connectivity index (χ2v) is 6.02. The minimum absolute atomic E-state index is 0.128. The second kappa shape index (κ2) is 8.33. The van der Waals surface area contributed by atoms with E-state index in [0.29, 0.717) is 6.42 Å². The summed E-state index contributed by atoms with van der Waals surface area (Å²) in [4.78, 5) is 13.3. The molecular formula is C18H25F3N2O. The van der Waals surface area contributed by atoms with Crippen LogP contribution < -0.4 is 5.73 Å². The number of nitrogens with two attached hydrogens (primary N) is 1. The largest absolute Gasteiger partial charge is 0.345 e. The molecule has 24 heavy (non-hydrogen) atoms. The Balaban J connectivity index is 3.44. The minimum atomic E-state index is -3.33. The molecule has 1 aromatic carbocycles. The number of allylic oxidation sites excluding steroid dienone is 1. The van der Waals surface area contributed by atoms with Crippen molar-refractivity contribution >= 4 is 11.5 Å². The maximum absolute atomic E-state index is 14.6. The average molecular weight is 342 g/mol. The number of benzene rings is 1. The summed E-state index contributed by atoms with van der Waals surface area (Å²) in [7, 11) is 3.09. The number of rotatable bonds is 7. The van der Waals surface area contributed by atoms with Crippen LogP contribution >= 0.6 is 0 Å². The fourth-order valence-corrected chi connectivity index (χ4v) is 2.46. The predicted octanol–water partition coefficient (Wildman–Crippen LogP) is 4.00. The number of amides is 1. The average Bonchev–Trinajstić information content (AvgIpc) is 2.51. The van der Waals surface area contributed by atoms with Crippen LogP contribution in [0, 0.1) is 12.7 Å². The van der Waals surface area contributed by atoms with Gasteiger partial charge < -0.3 is 10.6 Å². The summed E-state index contributed by atoms with van der Waals surface area (Å²) in [5, 5.41) is 0. The number of unbranched alkanes of at least 4 members (excludes halogenated alkanes) is 2. The molecule has 0 aliphatic rings. The third kappa shape index (κ3) is 4.60. The molecular weight excluding hydrogens is 317 g/mol. The van der Waals surface area contributed by atoms with Crippen molar-refractivity contribution in [1.29, 1.82) is 0 Å². The van der Waals surface area contributed by atoms with Gasteiger partial charge in [-0.25, -0.2) is 4.39 Å². The van der Waals surface area contributed by atoms with Gasteiger partial charge in [-0.3, -0.25) is 4.79 Å². The molecule has 0 aliphatic carbocycles. The van der Waals surface area contributed by atoms with Crippen molar-refractivity contribution in [3.63, 3.8) is 0 Å². The van der Waals surface area contributed by atoms with Gasteiger partial charge >= 0.3 is 0 Å². The van der Waals surface area contributed by atoms with E-state index in [-0.39, 0.29) is 22.6 Å². The van der Waals surface area contributed by atoms with E-state index in [4.69, 9.17) is 5.73 Å². The number of hydrogen-bond donors (Lipinski definition) is 1. The van der Waals surface area contributed by atoms with Gasteiger partial charge in [0.05, 0.1) is 6.54 Å². The van der Waals surface area contributed by atoms with E-state index in [1.807, 2.05) is 6.92 Å². The summed E-state index contributed by atoms with van der Waals surface area (Å²) in [6.07, 6.45) is 3.34. The van der Waals surface area contributed by atoms with Crippen molar-refractivity contribution in [2.75, 3.05) is 20.6 Å². The molecule has 0 fully saturated rings. The van der Waals surface area contributed by atoms with Crippen molar-refractivity contribution in [1.82, 2.24) is 4.90 Å². The van der Waals surface area contributed by atoms with Gasteiger partial charge in [-0.1, -0.05) is 25.8 Å². The number of carbonyl (C=O) groups is 1. The SMILES string of the molecule is CCCC/C=C(/c1c(C)cc(C(=O)N(C)C)cc1F)C(F)(F)CN. The third-order valence-corrected chi connectivity index (χ3v) is 3.77. The summed E-state index contributed by atoms with van der Waals surface area (Å²) in [6.45, 7) is 2.56. The number of halogens is 3. The lowest BCUT2D eigenvalue weighted by Crippen LogP contribution is -2.30. The Hall–Kier alpha value is -1.82. The molecule has 0 aromatic heterocycles. The van der Waals surface area contributed by atoms with Gasteiger partial charge in [0.15, 0.2) is 0 Å². The second-order valence-electron chi connectivity index (χ2n) is 6.02. The van der Waals surface area contributed by atoms with Crippen LogP contribution in [0.5, 0.6) is 0 Å². The van der Waals surface area contributed by atoms with Crippen molar-refractivity contribution in [3.05, 3.63) is 40.7 Å². The first-order chi connectivity index (χ1) is 11.2. The molecule has 0 bridgehead atoms. The maximum Gasteiger partial charge on any atom is 0.285 e. The highest BCUT2D eigenvalue weighted by Crippen LogP contribution is 2.36. The van der Waals surface area contributed by atoms with E-state index in [2.05, 4.69) is 0 Å². The molecule has 3 nitrogen and oxygen atoms in total. The van der Waals surface area contributed by atoms with Crippen molar-refractivity contribution in [2.45, 2.75) is 39.0 Å².